The van der Waals surface area contributed by atoms with E-state index in [0.29, 0.717) is 30.8 Å². The van der Waals surface area contributed by atoms with Crippen LogP contribution in [-0.4, -0.2) is 22.8 Å². The van der Waals surface area contributed by atoms with Gasteiger partial charge in [0.1, 0.15) is 11.5 Å². The van der Waals surface area contributed by atoms with E-state index in [2.05, 4.69) is 0 Å². The third-order valence-electron chi connectivity index (χ3n) is 3.55. The second-order valence-electron chi connectivity index (χ2n) is 5.35. The van der Waals surface area contributed by atoms with Crippen molar-refractivity contribution in [2.75, 3.05) is 0 Å². The normalized spacial score (nSPS) is 13.4. The van der Waals surface area contributed by atoms with E-state index in [0.717, 1.165) is 11.1 Å². The number of para-hydroxylation sites is 2. The molecule has 2 rings (SSSR count). The lowest BCUT2D eigenvalue weighted by molar-refractivity contribution is -0.0200. The summed E-state index contributed by atoms with van der Waals surface area (Å²) >= 11 is 0. The van der Waals surface area contributed by atoms with Gasteiger partial charge in [0.2, 0.25) is 0 Å². The van der Waals surface area contributed by atoms with Gasteiger partial charge < -0.3 is 19.7 Å². The summed E-state index contributed by atoms with van der Waals surface area (Å²) in [4.78, 5) is 0. The zero-order valence-electron chi connectivity index (χ0n) is 13.6. The highest BCUT2D eigenvalue weighted by molar-refractivity contribution is 5.42. The highest BCUT2D eigenvalue weighted by Gasteiger charge is 2.12. The van der Waals surface area contributed by atoms with Crippen molar-refractivity contribution in [2.24, 2.45) is 0 Å². The topological polar surface area (TPSA) is 58.9 Å². The summed E-state index contributed by atoms with van der Waals surface area (Å²) in [7, 11) is 0. The molecule has 0 aliphatic carbocycles. The third-order valence-corrected chi connectivity index (χ3v) is 3.55. The monoisotopic (exact) mass is 316 g/mol. The molecule has 0 aliphatic rings. The average Bonchev–Trinajstić information content (AvgIpc) is 2.58. The number of benzene rings is 2. The Morgan fingerprint density at radius 2 is 1.13 bits per heavy atom. The smallest absolute Gasteiger partial charge is 0.197 e. The lowest BCUT2D eigenvalue weighted by Crippen LogP contribution is -2.16. The second kappa shape index (κ2) is 8.56. The van der Waals surface area contributed by atoms with E-state index in [9.17, 15) is 10.2 Å². The Balaban J connectivity index is 2.22. The minimum Gasteiger partial charge on any atom is -0.465 e. The summed E-state index contributed by atoms with van der Waals surface area (Å²) in [6, 6.07) is 15.2. The molecule has 0 heterocycles. The number of ether oxygens (including phenoxy) is 2. The lowest BCUT2D eigenvalue weighted by atomic mass is 10.0. The van der Waals surface area contributed by atoms with E-state index in [1.807, 2.05) is 62.4 Å². The minimum atomic E-state index is -0.815. The Labute approximate surface area is 137 Å². The summed E-state index contributed by atoms with van der Waals surface area (Å²) in [5.41, 5.74) is 1.92. The maximum absolute atomic E-state index is 9.73. The van der Waals surface area contributed by atoms with Gasteiger partial charge in [-0.2, -0.15) is 0 Å². The molecule has 0 radical (unpaired) electrons. The Morgan fingerprint density at radius 1 is 0.739 bits per heavy atom. The molecule has 0 aromatic heterocycles. The summed E-state index contributed by atoms with van der Waals surface area (Å²) in [6.45, 7) is 3.73. The van der Waals surface area contributed by atoms with Gasteiger partial charge >= 0.3 is 0 Å². The molecular formula is C19H24O4. The van der Waals surface area contributed by atoms with Crippen molar-refractivity contribution in [3.05, 3.63) is 59.7 Å². The molecule has 23 heavy (non-hydrogen) atoms. The van der Waals surface area contributed by atoms with Gasteiger partial charge in [0.05, 0.1) is 0 Å². The minimum absolute atomic E-state index is 0.525. The molecule has 124 valence electrons. The van der Waals surface area contributed by atoms with E-state index in [-0.39, 0.29) is 0 Å². The van der Waals surface area contributed by atoms with Crippen molar-refractivity contribution >= 4 is 0 Å². The van der Waals surface area contributed by atoms with Gasteiger partial charge in [-0.05, 0) is 23.3 Å². The van der Waals surface area contributed by atoms with E-state index >= 15 is 0 Å². The van der Waals surface area contributed by atoms with Crippen LogP contribution in [0.1, 0.15) is 37.8 Å². The van der Waals surface area contributed by atoms with Crippen LogP contribution >= 0.6 is 0 Å². The fourth-order valence-corrected chi connectivity index (χ4v) is 2.19. The zero-order chi connectivity index (χ0) is 16.7. The molecule has 0 fully saturated rings. The zero-order valence-corrected chi connectivity index (χ0v) is 13.6. The Morgan fingerprint density at radius 3 is 1.52 bits per heavy atom. The fourth-order valence-electron chi connectivity index (χ4n) is 2.19. The van der Waals surface area contributed by atoms with Crippen molar-refractivity contribution in [3.8, 4) is 11.5 Å². The van der Waals surface area contributed by atoms with Gasteiger partial charge in [0.15, 0.2) is 12.6 Å². The summed E-state index contributed by atoms with van der Waals surface area (Å²) < 4.78 is 11.1. The van der Waals surface area contributed by atoms with Gasteiger partial charge in [0, 0.05) is 19.3 Å². The third kappa shape index (κ3) is 4.98. The number of hydrogen-bond acceptors (Lipinski definition) is 4. The van der Waals surface area contributed by atoms with Crippen LogP contribution in [0.4, 0.5) is 0 Å². The SMILES string of the molecule is CCC(O)Oc1ccccc1Cc1ccccc1OC(O)CC. The first-order chi connectivity index (χ1) is 11.1. The molecule has 2 atom stereocenters. The van der Waals surface area contributed by atoms with E-state index < -0.39 is 12.6 Å². The van der Waals surface area contributed by atoms with E-state index in [1.54, 1.807) is 0 Å². The molecule has 0 saturated heterocycles. The first kappa shape index (κ1) is 17.3. The predicted octanol–water partition coefficient (Wildman–Crippen LogP) is 3.49. The van der Waals surface area contributed by atoms with Crippen molar-refractivity contribution in [1.29, 1.82) is 0 Å². The van der Waals surface area contributed by atoms with Crippen molar-refractivity contribution in [1.82, 2.24) is 0 Å². The molecular weight excluding hydrogens is 292 g/mol. The van der Waals surface area contributed by atoms with Crippen LogP contribution in [0.5, 0.6) is 11.5 Å². The summed E-state index contributed by atoms with van der Waals surface area (Å²) in [5, 5.41) is 19.5. The molecule has 0 bridgehead atoms. The van der Waals surface area contributed by atoms with Crippen LogP contribution in [0.25, 0.3) is 0 Å². The molecule has 0 saturated carbocycles. The van der Waals surface area contributed by atoms with Gasteiger partial charge in [-0.1, -0.05) is 50.2 Å². The molecule has 2 unspecified atom stereocenters. The van der Waals surface area contributed by atoms with Crippen molar-refractivity contribution in [2.45, 2.75) is 45.7 Å². The van der Waals surface area contributed by atoms with Crippen LogP contribution in [0.3, 0.4) is 0 Å². The standard InChI is InChI=1S/C19H24O4/c1-3-18(20)22-16-11-7-5-9-14(16)13-15-10-6-8-12-17(15)23-19(21)4-2/h5-12,18-21H,3-4,13H2,1-2H3. The van der Waals surface area contributed by atoms with Crippen molar-refractivity contribution < 1.29 is 19.7 Å². The average molecular weight is 316 g/mol. The predicted molar refractivity (Wildman–Crippen MR) is 89.5 cm³/mol. The summed E-state index contributed by atoms with van der Waals surface area (Å²) in [6.07, 6.45) is 0.0151. The number of rotatable bonds is 8. The lowest BCUT2D eigenvalue weighted by Gasteiger charge is -2.17. The fraction of sp³-hybridized carbons (Fsp3) is 0.368. The maximum Gasteiger partial charge on any atom is 0.197 e. The largest absolute Gasteiger partial charge is 0.465 e. The first-order valence-corrected chi connectivity index (χ1v) is 7.99. The maximum atomic E-state index is 9.73. The van der Waals surface area contributed by atoms with Crippen LogP contribution in [0, 0.1) is 0 Å². The molecule has 4 nitrogen and oxygen atoms in total. The molecule has 2 aromatic carbocycles. The molecule has 2 aromatic rings. The van der Waals surface area contributed by atoms with Gasteiger partial charge in [0.25, 0.3) is 0 Å². The van der Waals surface area contributed by atoms with E-state index in [1.165, 1.54) is 0 Å². The molecule has 0 spiro atoms. The number of aliphatic hydroxyl groups excluding tert-OH is 2. The van der Waals surface area contributed by atoms with Gasteiger partial charge in [-0.25, -0.2) is 0 Å². The molecule has 4 heteroatoms. The Hall–Kier alpha value is -2.04. The highest BCUT2D eigenvalue weighted by atomic mass is 16.6. The van der Waals surface area contributed by atoms with Crippen LogP contribution in [0.15, 0.2) is 48.5 Å². The number of aliphatic hydroxyl groups is 2. The van der Waals surface area contributed by atoms with Gasteiger partial charge in [-0.3, -0.25) is 0 Å². The Bertz CT molecular complexity index is 558. The van der Waals surface area contributed by atoms with Crippen molar-refractivity contribution in [3.63, 3.8) is 0 Å². The van der Waals surface area contributed by atoms with Crippen LogP contribution in [-0.2, 0) is 6.42 Å². The molecule has 0 amide bonds. The Kier molecular flexibility index (Phi) is 6.44. The molecule has 2 N–H and O–H groups in total. The molecule has 0 aliphatic heterocycles. The van der Waals surface area contributed by atoms with Crippen LogP contribution < -0.4 is 9.47 Å². The van der Waals surface area contributed by atoms with Crippen LogP contribution in [0.2, 0.25) is 0 Å². The van der Waals surface area contributed by atoms with Gasteiger partial charge in [-0.15, -0.1) is 0 Å². The van der Waals surface area contributed by atoms with E-state index in [4.69, 9.17) is 9.47 Å². The first-order valence-electron chi connectivity index (χ1n) is 7.99. The second-order valence-corrected chi connectivity index (χ2v) is 5.35. The summed E-state index contributed by atoms with van der Waals surface area (Å²) in [5.74, 6) is 1.32. The quantitative estimate of drug-likeness (QED) is 0.732. The number of hydrogen-bond donors (Lipinski definition) is 2. The highest BCUT2D eigenvalue weighted by Crippen LogP contribution is 2.27.